The van der Waals surface area contributed by atoms with Crippen LogP contribution >= 0.6 is 11.3 Å². The second kappa shape index (κ2) is 4.23. The van der Waals surface area contributed by atoms with Crippen molar-refractivity contribution in [3.8, 4) is 0 Å². The van der Waals surface area contributed by atoms with Gasteiger partial charge in [-0.25, -0.2) is 4.98 Å². The number of amides is 1. The first-order chi connectivity index (χ1) is 7.25. The largest absolute Gasteiger partial charge is 0.298 e. The number of hydrogen-bond acceptors (Lipinski definition) is 3. The van der Waals surface area contributed by atoms with Crippen LogP contribution in [0.15, 0.2) is 29.6 Å². The first-order valence-electron chi connectivity index (χ1n) is 4.45. The van der Waals surface area contributed by atoms with Gasteiger partial charge in [-0.15, -0.1) is 11.3 Å². The molecule has 2 rings (SSSR count). The fourth-order valence-corrected chi connectivity index (χ4v) is 1.80. The van der Waals surface area contributed by atoms with Gasteiger partial charge >= 0.3 is 0 Å². The first-order valence-corrected chi connectivity index (χ1v) is 5.33. The molecule has 0 atom stereocenters. The molecular formula is C11H9N2OS. The lowest BCUT2D eigenvalue weighted by atomic mass is 10.2. The van der Waals surface area contributed by atoms with Gasteiger partial charge in [-0.1, -0.05) is 12.1 Å². The van der Waals surface area contributed by atoms with Crippen molar-refractivity contribution in [2.75, 3.05) is 5.32 Å². The van der Waals surface area contributed by atoms with Crippen molar-refractivity contribution in [3.05, 3.63) is 47.0 Å². The van der Waals surface area contributed by atoms with Crippen LogP contribution in [0.25, 0.3) is 0 Å². The van der Waals surface area contributed by atoms with E-state index < -0.39 is 0 Å². The molecule has 4 heteroatoms. The smallest absolute Gasteiger partial charge is 0.257 e. The highest BCUT2D eigenvalue weighted by molar-refractivity contribution is 7.13. The SMILES string of the molecule is Cc1csc(NC(=O)c2c[c]ccc2)n1. The van der Waals surface area contributed by atoms with Crippen molar-refractivity contribution in [3.63, 3.8) is 0 Å². The van der Waals surface area contributed by atoms with Crippen molar-refractivity contribution in [2.45, 2.75) is 6.92 Å². The third-order valence-electron chi connectivity index (χ3n) is 1.81. The molecule has 15 heavy (non-hydrogen) atoms. The summed E-state index contributed by atoms with van der Waals surface area (Å²) in [5.41, 5.74) is 1.50. The standard InChI is InChI=1S/C11H9N2OS/c1-8-7-15-11(12-8)13-10(14)9-5-3-2-4-6-9/h2-3,5-7H,1H3,(H,12,13,14). The van der Waals surface area contributed by atoms with E-state index in [0.717, 1.165) is 5.69 Å². The van der Waals surface area contributed by atoms with E-state index in [9.17, 15) is 4.79 Å². The summed E-state index contributed by atoms with van der Waals surface area (Å²) in [5, 5.41) is 5.25. The summed E-state index contributed by atoms with van der Waals surface area (Å²) in [6.07, 6.45) is 0. The molecule has 1 heterocycles. The van der Waals surface area contributed by atoms with Gasteiger partial charge < -0.3 is 0 Å². The number of thiazole rings is 1. The zero-order valence-electron chi connectivity index (χ0n) is 8.15. The molecule has 0 fully saturated rings. The quantitative estimate of drug-likeness (QED) is 0.839. The number of benzene rings is 1. The van der Waals surface area contributed by atoms with Crippen molar-refractivity contribution in [1.29, 1.82) is 0 Å². The summed E-state index contributed by atoms with van der Waals surface area (Å²) >= 11 is 1.42. The number of carbonyl (C=O) groups excluding carboxylic acids is 1. The Morgan fingerprint density at radius 3 is 3.07 bits per heavy atom. The van der Waals surface area contributed by atoms with Crippen LogP contribution in [0, 0.1) is 13.0 Å². The van der Waals surface area contributed by atoms with Crippen LogP contribution in [-0.2, 0) is 0 Å². The summed E-state index contributed by atoms with van der Waals surface area (Å²) in [4.78, 5) is 15.8. The molecule has 1 aromatic heterocycles. The molecule has 1 aromatic carbocycles. The Bertz CT molecular complexity index is 464. The fourth-order valence-electron chi connectivity index (χ4n) is 1.12. The highest BCUT2D eigenvalue weighted by Crippen LogP contribution is 2.15. The topological polar surface area (TPSA) is 42.0 Å². The van der Waals surface area contributed by atoms with E-state index in [1.165, 1.54) is 11.3 Å². The van der Waals surface area contributed by atoms with Crippen LogP contribution in [0.4, 0.5) is 5.13 Å². The molecule has 0 spiro atoms. The number of carbonyl (C=O) groups is 1. The first kappa shape index (κ1) is 9.86. The highest BCUT2D eigenvalue weighted by Gasteiger charge is 2.06. The number of anilines is 1. The maximum absolute atomic E-state index is 11.7. The average molecular weight is 217 g/mol. The molecule has 0 unspecified atom stereocenters. The van der Waals surface area contributed by atoms with Gasteiger partial charge in [0.15, 0.2) is 5.13 Å². The monoisotopic (exact) mass is 217 g/mol. The number of hydrogen-bond donors (Lipinski definition) is 1. The van der Waals surface area contributed by atoms with Crippen molar-refractivity contribution in [1.82, 2.24) is 4.98 Å². The third-order valence-corrected chi connectivity index (χ3v) is 2.68. The molecule has 1 amide bonds. The molecule has 75 valence electrons. The van der Waals surface area contributed by atoms with Gasteiger partial charge in [-0.3, -0.25) is 10.1 Å². The second-order valence-corrected chi connectivity index (χ2v) is 3.90. The van der Waals surface area contributed by atoms with Crippen LogP contribution in [0.5, 0.6) is 0 Å². The zero-order chi connectivity index (χ0) is 10.7. The number of rotatable bonds is 2. The Balaban J connectivity index is 2.11. The Hall–Kier alpha value is -1.68. The fraction of sp³-hybridized carbons (Fsp3) is 0.0909. The Labute approximate surface area is 91.8 Å². The number of nitrogens with zero attached hydrogens (tertiary/aromatic N) is 1. The molecule has 0 aliphatic rings. The molecular weight excluding hydrogens is 208 g/mol. The maximum atomic E-state index is 11.7. The van der Waals surface area contributed by atoms with E-state index in [1.54, 1.807) is 24.3 Å². The van der Waals surface area contributed by atoms with E-state index in [2.05, 4.69) is 16.4 Å². The minimum Gasteiger partial charge on any atom is -0.298 e. The summed E-state index contributed by atoms with van der Waals surface area (Å²) in [7, 11) is 0. The van der Waals surface area contributed by atoms with Crippen LogP contribution in [0.1, 0.15) is 16.1 Å². The lowest BCUT2D eigenvalue weighted by Gasteiger charge is -2.00. The summed E-state index contributed by atoms with van der Waals surface area (Å²) in [6, 6.07) is 9.78. The predicted molar refractivity (Wildman–Crippen MR) is 60.1 cm³/mol. The number of nitrogens with one attached hydrogen (secondary N) is 1. The lowest BCUT2D eigenvalue weighted by molar-refractivity contribution is 0.102. The zero-order valence-corrected chi connectivity index (χ0v) is 8.97. The van der Waals surface area contributed by atoms with Crippen LogP contribution in [-0.4, -0.2) is 10.9 Å². The van der Waals surface area contributed by atoms with Gasteiger partial charge in [-0.05, 0) is 25.1 Å². The highest BCUT2D eigenvalue weighted by atomic mass is 32.1. The van der Waals surface area contributed by atoms with E-state index in [1.807, 2.05) is 12.3 Å². The van der Waals surface area contributed by atoms with E-state index in [4.69, 9.17) is 0 Å². The average Bonchev–Trinajstić information content (AvgIpc) is 2.65. The number of aromatic nitrogens is 1. The summed E-state index contributed by atoms with van der Waals surface area (Å²) < 4.78 is 0. The molecule has 0 bridgehead atoms. The summed E-state index contributed by atoms with van der Waals surface area (Å²) in [5.74, 6) is -0.152. The Morgan fingerprint density at radius 1 is 1.60 bits per heavy atom. The van der Waals surface area contributed by atoms with Gasteiger partial charge in [0.05, 0.1) is 5.69 Å². The Kier molecular flexibility index (Phi) is 2.78. The maximum Gasteiger partial charge on any atom is 0.257 e. The normalized spacial score (nSPS) is 9.93. The van der Waals surface area contributed by atoms with E-state index in [-0.39, 0.29) is 5.91 Å². The molecule has 3 nitrogen and oxygen atoms in total. The van der Waals surface area contributed by atoms with E-state index in [0.29, 0.717) is 10.7 Å². The van der Waals surface area contributed by atoms with Gasteiger partial charge in [0.1, 0.15) is 0 Å². The lowest BCUT2D eigenvalue weighted by Crippen LogP contribution is -2.11. The molecule has 0 saturated heterocycles. The van der Waals surface area contributed by atoms with Crippen molar-refractivity contribution >= 4 is 22.4 Å². The summed E-state index contributed by atoms with van der Waals surface area (Å²) in [6.45, 7) is 1.89. The van der Waals surface area contributed by atoms with Gasteiger partial charge in [-0.2, -0.15) is 0 Å². The molecule has 0 aliphatic carbocycles. The predicted octanol–water partition coefficient (Wildman–Crippen LogP) is 2.50. The van der Waals surface area contributed by atoms with Crippen LogP contribution < -0.4 is 5.32 Å². The number of aryl methyl sites for hydroxylation is 1. The van der Waals surface area contributed by atoms with Crippen LogP contribution in [0.2, 0.25) is 0 Å². The second-order valence-electron chi connectivity index (χ2n) is 3.04. The molecule has 2 aromatic rings. The van der Waals surface area contributed by atoms with Crippen molar-refractivity contribution in [2.24, 2.45) is 0 Å². The minimum atomic E-state index is -0.152. The molecule has 1 N–H and O–H groups in total. The van der Waals surface area contributed by atoms with Crippen molar-refractivity contribution < 1.29 is 4.79 Å². The molecule has 0 saturated carbocycles. The molecule has 0 aliphatic heterocycles. The van der Waals surface area contributed by atoms with E-state index >= 15 is 0 Å². The minimum absolute atomic E-state index is 0.152. The van der Waals surface area contributed by atoms with Crippen LogP contribution in [0.3, 0.4) is 0 Å². The van der Waals surface area contributed by atoms with Gasteiger partial charge in [0, 0.05) is 10.9 Å². The van der Waals surface area contributed by atoms with Gasteiger partial charge in [0.2, 0.25) is 0 Å². The Morgan fingerprint density at radius 2 is 2.47 bits per heavy atom. The third kappa shape index (κ3) is 2.41. The van der Waals surface area contributed by atoms with Gasteiger partial charge in [0.25, 0.3) is 5.91 Å². The molecule has 1 radical (unpaired) electrons.